The molecule has 126 valence electrons. The van der Waals surface area contributed by atoms with E-state index in [1.165, 1.54) is 12.4 Å². The number of hydrogen-bond acceptors (Lipinski definition) is 4. The van der Waals surface area contributed by atoms with Gasteiger partial charge in [0.15, 0.2) is 0 Å². The predicted molar refractivity (Wildman–Crippen MR) is 81.0 cm³/mol. The highest BCUT2D eigenvalue weighted by atomic mass is 35.5. The van der Waals surface area contributed by atoms with Gasteiger partial charge in [0.2, 0.25) is 0 Å². The third kappa shape index (κ3) is 3.96. The normalized spacial score (nSPS) is 11.8. The van der Waals surface area contributed by atoms with E-state index < -0.39 is 27.6 Å². The van der Waals surface area contributed by atoms with Crippen molar-refractivity contribution in [2.24, 2.45) is 0 Å². The van der Waals surface area contributed by atoms with Crippen LogP contribution in [0.25, 0.3) is 0 Å². The van der Waals surface area contributed by atoms with Crippen molar-refractivity contribution in [3.8, 4) is 6.07 Å². The second kappa shape index (κ2) is 6.67. The van der Waals surface area contributed by atoms with E-state index >= 15 is 0 Å². The molecule has 2 rings (SSSR count). The number of halogens is 4. The van der Waals surface area contributed by atoms with Crippen LogP contribution in [0, 0.1) is 11.3 Å². The lowest BCUT2D eigenvalue weighted by Crippen LogP contribution is -2.39. The molecule has 0 saturated carbocycles. The van der Waals surface area contributed by atoms with Crippen molar-refractivity contribution in [2.75, 3.05) is 10.8 Å². The van der Waals surface area contributed by atoms with Crippen molar-refractivity contribution in [1.82, 2.24) is 4.98 Å². The predicted octanol–water partition coefficient (Wildman–Crippen LogP) is 3.36. The summed E-state index contributed by atoms with van der Waals surface area (Å²) in [4.78, 5) is 3.20. The van der Waals surface area contributed by atoms with E-state index in [-0.39, 0.29) is 20.6 Å². The highest BCUT2D eigenvalue weighted by Crippen LogP contribution is 2.29. The van der Waals surface area contributed by atoms with E-state index in [1.54, 1.807) is 6.07 Å². The molecule has 2 aromatic rings. The Morgan fingerprint density at radius 3 is 2.33 bits per heavy atom. The second-order valence-corrected chi connectivity index (χ2v) is 6.86. The van der Waals surface area contributed by atoms with Crippen LogP contribution >= 0.6 is 11.6 Å². The maximum atomic E-state index is 12.8. The molecule has 0 atom stereocenters. The van der Waals surface area contributed by atoms with Gasteiger partial charge in [-0.3, -0.25) is 9.29 Å². The van der Waals surface area contributed by atoms with Gasteiger partial charge in [-0.2, -0.15) is 18.4 Å². The van der Waals surface area contributed by atoms with Gasteiger partial charge in [0.05, 0.1) is 21.2 Å². The van der Waals surface area contributed by atoms with E-state index in [9.17, 15) is 21.6 Å². The number of anilines is 1. The van der Waals surface area contributed by atoms with Crippen molar-refractivity contribution in [3.05, 3.63) is 53.3 Å². The van der Waals surface area contributed by atoms with Gasteiger partial charge in [-0.05, 0) is 30.3 Å². The second-order valence-electron chi connectivity index (χ2n) is 4.59. The molecule has 0 aliphatic carbocycles. The Hall–Kier alpha value is -2.31. The molecular weight excluding hydrogens is 367 g/mol. The summed E-state index contributed by atoms with van der Waals surface area (Å²) >= 11 is 5.78. The van der Waals surface area contributed by atoms with Gasteiger partial charge in [0.25, 0.3) is 10.0 Å². The molecule has 1 aromatic carbocycles. The minimum Gasteiger partial charge on any atom is -0.265 e. The number of hydrogen-bond donors (Lipinski definition) is 0. The summed E-state index contributed by atoms with van der Waals surface area (Å²) in [5.41, 5.74) is -0.176. The Kier molecular flexibility index (Phi) is 5.01. The van der Waals surface area contributed by atoms with Gasteiger partial charge >= 0.3 is 6.18 Å². The lowest BCUT2D eigenvalue weighted by atomic mass is 10.2. The Balaban J connectivity index is 2.56. The average Bonchev–Trinajstić information content (AvgIpc) is 2.52. The van der Waals surface area contributed by atoms with E-state index in [2.05, 4.69) is 4.98 Å². The summed E-state index contributed by atoms with van der Waals surface area (Å²) in [5.74, 6) is 0. The van der Waals surface area contributed by atoms with Crippen LogP contribution in [-0.4, -0.2) is 26.1 Å². The Bertz CT molecular complexity index is 880. The van der Waals surface area contributed by atoms with Crippen molar-refractivity contribution in [1.29, 1.82) is 5.26 Å². The number of benzene rings is 1. The number of pyridine rings is 1. The smallest absolute Gasteiger partial charge is 0.265 e. The highest BCUT2D eigenvalue weighted by molar-refractivity contribution is 7.92. The van der Waals surface area contributed by atoms with Crippen LogP contribution in [0.4, 0.5) is 18.9 Å². The van der Waals surface area contributed by atoms with Crippen LogP contribution in [0.2, 0.25) is 5.02 Å². The molecule has 0 saturated heterocycles. The lowest BCUT2D eigenvalue weighted by Gasteiger charge is -2.25. The zero-order chi connectivity index (χ0) is 18.0. The molecule has 0 aliphatic heterocycles. The fourth-order valence-electron chi connectivity index (χ4n) is 1.86. The Labute approximate surface area is 141 Å². The summed E-state index contributed by atoms with van der Waals surface area (Å²) in [6.07, 6.45) is -2.40. The SMILES string of the molecule is N#Cc1ccc(S(=O)(=O)N(CC(F)(F)F)c2ccncc2)cc1Cl. The monoisotopic (exact) mass is 375 g/mol. The molecule has 0 radical (unpaired) electrons. The Morgan fingerprint density at radius 1 is 1.21 bits per heavy atom. The number of rotatable bonds is 4. The number of nitrogens with zero attached hydrogens (tertiary/aromatic N) is 3. The molecular formula is C14H9ClF3N3O2S. The van der Waals surface area contributed by atoms with Gasteiger partial charge in [-0.25, -0.2) is 8.42 Å². The van der Waals surface area contributed by atoms with Crippen LogP contribution in [0.15, 0.2) is 47.6 Å². The number of sulfonamides is 1. The quantitative estimate of drug-likeness (QED) is 0.821. The third-order valence-electron chi connectivity index (χ3n) is 2.92. The van der Waals surface area contributed by atoms with Gasteiger partial charge < -0.3 is 0 Å². The van der Waals surface area contributed by atoms with Gasteiger partial charge in [0.1, 0.15) is 12.6 Å². The van der Waals surface area contributed by atoms with E-state index in [0.29, 0.717) is 0 Å². The summed E-state index contributed by atoms with van der Waals surface area (Å²) in [6.45, 7) is -1.71. The molecule has 0 fully saturated rings. The number of nitriles is 1. The largest absolute Gasteiger partial charge is 0.407 e. The van der Waals surface area contributed by atoms with E-state index in [4.69, 9.17) is 16.9 Å². The Morgan fingerprint density at radius 2 is 1.83 bits per heavy atom. The minimum absolute atomic E-state index is 0.0156. The molecule has 0 unspecified atom stereocenters. The van der Waals surface area contributed by atoms with Crippen molar-refractivity contribution >= 4 is 27.3 Å². The van der Waals surface area contributed by atoms with Gasteiger partial charge in [-0.15, -0.1) is 0 Å². The minimum atomic E-state index is -4.76. The fourth-order valence-corrected chi connectivity index (χ4v) is 3.63. The fraction of sp³-hybridized carbons (Fsp3) is 0.143. The molecule has 0 amide bonds. The van der Waals surface area contributed by atoms with Gasteiger partial charge in [-0.1, -0.05) is 11.6 Å². The van der Waals surface area contributed by atoms with Gasteiger partial charge in [0, 0.05) is 12.4 Å². The first-order chi connectivity index (χ1) is 11.1. The third-order valence-corrected chi connectivity index (χ3v) is 5.01. The first kappa shape index (κ1) is 18.0. The summed E-state index contributed by atoms with van der Waals surface area (Å²) in [6, 6.07) is 7.15. The summed E-state index contributed by atoms with van der Waals surface area (Å²) in [5, 5.41) is 8.64. The standard InChI is InChI=1S/C14H9ClF3N3O2S/c15-13-7-12(2-1-10(13)8-19)24(22,23)21(9-14(16,17)18)11-3-5-20-6-4-11/h1-7H,9H2. The lowest BCUT2D eigenvalue weighted by molar-refractivity contribution is -0.117. The van der Waals surface area contributed by atoms with Crippen molar-refractivity contribution < 1.29 is 21.6 Å². The number of aromatic nitrogens is 1. The van der Waals surface area contributed by atoms with E-state index in [0.717, 1.165) is 30.3 Å². The number of alkyl halides is 3. The van der Waals surface area contributed by atoms with Crippen molar-refractivity contribution in [3.63, 3.8) is 0 Å². The zero-order valence-corrected chi connectivity index (χ0v) is 13.4. The van der Waals surface area contributed by atoms with Crippen LogP contribution in [0.3, 0.4) is 0 Å². The average molecular weight is 376 g/mol. The van der Waals surface area contributed by atoms with Crippen LogP contribution in [0.5, 0.6) is 0 Å². The summed E-state index contributed by atoms with van der Waals surface area (Å²) in [7, 11) is -4.54. The molecule has 10 heteroatoms. The maximum Gasteiger partial charge on any atom is 0.407 e. The van der Waals surface area contributed by atoms with Crippen LogP contribution < -0.4 is 4.31 Å². The maximum absolute atomic E-state index is 12.8. The molecule has 1 aromatic heterocycles. The highest BCUT2D eigenvalue weighted by Gasteiger charge is 2.37. The molecule has 0 N–H and O–H groups in total. The molecule has 5 nitrogen and oxygen atoms in total. The molecule has 0 aliphatic rings. The topological polar surface area (TPSA) is 74.1 Å². The zero-order valence-electron chi connectivity index (χ0n) is 11.8. The molecule has 0 spiro atoms. The van der Waals surface area contributed by atoms with E-state index in [1.807, 2.05) is 0 Å². The summed E-state index contributed by atoms with van der Waals surface area (Å²) < 4.78 is 64.0. The first-order valence-electron chi connectivity index (χ1n) is 6.34. The molecule has 1 heterocycles. The molecule has 24 heavy (non-hydrogen) atoms. The van der Waals surface area contributed by atoms with Crippen LogP contribution in [-0.2, 0) is 10.0 Å². The van der Waals surface area contributed by atoms with Crippen LogP contribution in [0.1, 0.15) is 5.56 Å². The molecule has 0 bridgehead atoms. The first-order valence-corrected chi connectivity index (χ1v) is 8.16. The van der Waals surface area contributed by atoms with Crippen molar-refractivity contribution in [2.45, 2.75) is 11.1 Å².